The van der Waals surface area contributed by atoms with Crippen molar-refractivity contribution in [3.8, 4) is 0 Å². The van der Waals surface area contributed by atoms with Crippen LogP contribution >= 0.6 is 15.9 Å². The van der Waals surface area contributed by atoms with E-state index in [1.165, 1.54) is 31.6 Å². The summed E-state index contributed by atoms with van der Waals surface area (Å²) in [5.74, 6) is -0.221. The van der Waals surface area contributed by atoms with Crippen LogP contribution in [0.25, 0.3) is 0 Å². The summed E-state index contributed by atoms with van der Waals surface area (Å²) >= 11 is 3.05. The molecule has 2 heterocycles. The Hall–Kier alpha value is -1.14. The normalized spacial score (nSPS) is 16.3. The predicted molar refractivity (Wildman–Crippen MR) is 75.3 cm³/mol. The largest absolute Gasteiger partial charge is 0.430 e. The summed E-state index contributed by atoms with van der Waals surface area (Å²) in [6.45, 7) is 3.70. The minimum atomic E-state index is -0.482. The van der Waals surface area contributed by atoms with Crippen LogP contribution in [0.3, 0.4) is 0 Å². The lowest BCUT2D eigenvalue weighted by molar-refractivity contribution is 0.0944. The molecule has 2 rings (SSSR count). The molecule has 1 aliphatic rings. The molecule has 1 saturated heterocycles. The Morgan fingerprint density at radius 3 is 2.79 bits per heavy atom. The molecular weight excluding hydrogens is 312 g/mol. The lowest BCUT2D eigenvalue weighted by Crippen LogP contribution is -2.37. The van der Waals surface area contributed by atoms with E-state index < -0.39 is 5.63 Å². The summed E-state index contributed by atoms with van der Waals surface area (Å²) in [5.41, 5.74) is -0.130. The van der Waals surface area contributed by atoms with Crippen LogP contribution < -0.4 is 10.9 Å². The summed E-state index contributed by atoms with van der Waals surface area (Å²) in [6.07, 6.45) is 4.97. The second-order valence-electron chi connectivity index (χ2n) is 4.63. The van der Waals surface area contributed by atoms with E-state index in [-0.39, 0.29) is 10.4 Å². The van der Waals surface area contributed by atoms with Crippen LogP contribution in [-0.2, 0) is 0 Å². The topological polar surface area (TPSA) is 62.6 Å². The molecule has 0 atom stereocenters. The Labute approximate surface area is 120 Å². The molecular formula is C13H17BrN2O3. The highest BCUT2D eigenvalue weighted by Crippen LogP contribution is 2.08. The van der Waals surface area contributed by atoms with Gasteiger partial charge in [-0.1, -0.05) is 6.42 Å². The smallest absolute Gasteiger partial charge is 0.350 e. The maximum Gasteiger partial charge on any atom is 0.350 e. The first-order valence-corrected chi connectivity index (χ1v) is 7.25. The Kier molecular flexibility index (Phi) is 5.15. The Morgan fingerprint density at radius 2 is 2.11 bits per heavy atom. The Bertz CT molecular complexity index is 495. The van der Waals surface area contributed by atoms with Crippen molar-refractivity contribution >= 4 is 21.8 Å². The van der Waals surface area contributed by atoms with Crippen LogP contribution in [0.4, 0.5) is 0 Å². The number of amides is 1. The van der Waals surface area contributed by atoms with Gasteiger partial charge in [0.15, 0.2) is 0 Å². The fourth-order valence-corrected chi connectivity index (χ4v) is 2.47. The second kappa shape index (κ2) is 6.86. The van der Waals surface area contributed by atoms with Gasteiger partial charge in [0, 0.05) is 13.1 Å². The molecule has 0 aromatic carbocycles. The van der Waals surface area contributed by atoms with Gasteiger partial charge in [0.1, 0.15) is 10.7 Å². The SMILES string of the molecule is O=C(NCCN1CCCCC1)c1coc(=O)c(Br)c1. The molecule has 1 amide bonds. The van der Waals surface area contributed by atoms with Crippen molar-refractivity contribution in [2.24, 2.45) is 0 Å². The van der Waals surface area contributed by atoms with Crippen LogP contribution in [0, 0.1) is 0 Å². The van der Waals surface area contributed by atoms with Crippen LogP contribution in [0.1, 0.15) is 29.6 Å². The standard InChI is InChI=1S/C13H17BrN2O3/c14-11-8-10(9-19-13(11)18)12(17)15-4-7-16-5-2-1-3-6-16/h8-9H,1-7H2,(H,15,17). The highest BCUT2D eigenvalue weighted by atomic mass is 79.9. The second-order valence-corrected chi connectivity index (χ2v) is 5.48. The molecule has 0 unspecified atom stereocenters. The predicted octanol–water partition coefficient (Wildman–Crippen LogP) is 1.62. The van der Waals surface area contributed by atoms with Gasteiger partial charge in [-0.05, 0) is 47.9 Å². The van der Waals surface area contributed by atoms with E-state index in [4.69, 9.17) is 4.42 Å². The summed E-state index contributed by atoms with van der Waals surface area (Å²) in [4.78, 5) is 25.3. The van der Waals surface area contributed by atoms with Gasteiger partial charge in [-0.15, -0.1) is 0 Å². The molecule has 1 aromatic rings. The van der Waals surface area contributed by atoms with Crippen molar-refractivity contribution < 1.29 is 9.21 Å². The van der Waals surface area contributed by atoms with E-state index in [1.807, 2.05) is 0 Å². The third-order valence-electron chi connectivity index (χ3n) is 3.19. The molecule has 6 heteroatoms. The first-order valence-electron chi connectivity index (χ1n) is 6.46. The lowest BCUT2D eigenvalue weighted by atomic mass is 10.1. The molecule has 0 spiro atoms. The monoisotopic (exact) mass is 328 g/mol. The van der Waals surface area contributed by atoms with Crippen molar-refractivity contribution in [2.75, 3.05) is 26.2 Å². The van der Waals surface area contributed by atoms with Gasteiger partial charge in [-0.25, -0.2) is 4.79 Å². The molecule has 0 saturated carbocycles. The van der Waals surface area contributed by atoms with Gasteiger partial charge < -0.3 is 14.6 Å². The molecule has 1 aliphatic heterocycles. The molecule has 104 valence electrons. The van der Waals surface area contributed by atoms with Crippen LogP contribution in [0.15, 0.2) is 26.0 Å². The number of piperidine rings is 1. The Morgan fingerprint density at radius 1 is 1.37 bits per heavy atom. The summed E-state index contributed by atoms with van der Waals surface area (Å²) in [5, 5.41) is 2.83. The first-order chi connectivity index (χ1) is 9.16. The maximum absolute atomic E-state index is 11.8. The van der Waals surface area contributed by atoms with E-state index in [1.54, 1.807) is 0 Å². The van der Waals surface area contributed by atoms with Crippen molar-refractivity contribution in [2.45, 2.75) is 19.3 Å². The number of rotatable bonds is 4. The number of likely N-dealkylation sites (tertiary alicyclic amines) is 1. The van der Waals surface area contributed by atoms with Crippen molar-refractivity contribution in [1.29, 1.82) is 0 Å². The molecule has 1 aromatic heterocycles. The van der Waals surface area contributed by atoms with Gasteiger partial charge in [0.2, 0.25) is 0 Å². The summed E-state index contributed by atoms with van der Waals surface area (Å²) in [6, 6.07) is 1.47. The zero-order chi connectivity index (χ0) is 13.7. The van der Waals surface area contributed by atoms with E-state index >= 15 is 0 Å². The number of hydrogen-bond donors (Lipinski definition) is 1. The van der Waals surface area contributed by atoms with E-state index in [0.717, 1.165) is 19.6 Å². The van der Waals surface area contributed by atoms with Gasteiger partial charge in [0.25, 0.3) is 5.91 Å². The summed E-state index contributed by atoms with van der Waals surface area (Å²) in [7, 11) is 0. The lowest BCUT2D eigenvalue weighted by Gasteiger charge is -2.26. The van der Waals surface area contributed by atoms with Gasteiger partial charge in [-0.2, -0.15) is 0 Å². The average Bonchev–Trinajstić information content (AvgIpc) is 2.43. The fraction of sp³-hybridized carbons (Fsp3) is 0.538. The van der Waals surface area contributed by atoms with Crippen LogP contribution in [0.5, 0.6) is 0 Å². The quantitative estimate of drug-likeness (QED) is 0.912. The van der Waals surface area contributed by atoms with Crippen molar-refractivity contribution in [3.63, 3.8) is 0 Å². The first kappa shape index (κ1) is 14.3. The molecule has 1 fully saturated rings. The van der Waals surface area contributed by atoms with Crippen LogP contribution in [-0.4, -0.2) is 37.0 Å². The minimum absolute atomic E-state index is 0.221. The summed E-state index contributed by atoms with van der Waals surface area (Å²) < 4.78 is 4.99. The van der Waals surface area contributed by atoms with E-state index in [2.05, 4.69) is 26.1 Å². The molecule has 0 bridgehead atoms. The molecule has 19 heavy (non-hydrogen) atoms. The van der Waals surface area contributed by atoms with E-state index in [9.17, 15) is 9.59 Å². The Balaban J connectivity index is 1.80. The van der Waals surface area contributed by atoms with E-state index in [0.29, 0.717) is 12.1 Å². The number of nitrogens with one attached hydrogen (secondary N) is 1. The highest BCUT2D eigenvalue weighted by Gasteiger charge is 2.11. The third-order valence-corrected chi connectivity index (χ3v) is 3.75. The number of hydrogen-bond acceptors (Lipinski definition) is 4. The number of carbonyl (C=O) groups is 1. The van der Waals surface area contributed by atoms with Gasteiger partial charge in [-0.3, -0.25) is 4.79 Å². The molecule has 5 nitrogen and oxygen atoms in total. The molecule has 1 N–H and O–H groups in total. The average molecular weight is 329 g/mol. The zero-order valence-corrected chi connectivity index (χ0v) is 12.2. The number of nitrogens with zero attached hydrogens (tertiary/aromatic N) is 1. The maximum atomic E-state index is 11.8. The third kappa shape index (κ3) is 4.18. The van der Waals surface area contributed by atoms with Crippen LogP contribution in [0.2, 0.25) is 0 Å². The molecule has 0 radical (unpaired) electrons. The number of halogens is 1. The van der Waals surface area contributed by atoms with Gasteiger partial charge in [0.05, 0.1) is 5.56 Å². The highest BCUT2D eigenvalue weighted by molar-refractivity contribution is 9.10. The fourth-order valence-electron chi connectivity index (χ4n) is 2.13. The zero-order valence-electron chi connectivity index (χ0n) is 10.7. The number of carbonyl (C=O) groups excluding carboxylic acids is 1. The van der Waals surface area contributed by atoms with Crippen molar-refractivity contribution in [1.82, 2.24) is 10.2 Å². The minimum Gasteiger partial charge on any atom is -0.430 e. The van der Waals surface area contributed by atoms with Gasteiger partial charge >= 0.3 is 5.63 Å². The van der Waals surface area contributed by atoms with Crippen molar-refractivity contribution in [3.05, 3.63) is 32.8 Å². The molecule has 0 aliphatic carbocycles.